The van der Waals surface area contributed by atoms with Crippen molar-refractivity contribution in [3.63, 3.8) is 0 Å². The van der Waals surface area contributed by atoms with Gasteiger partial charge in [-0.2, -0.15) is 0 Å². The number of hydrogen-bond donors (Lipinski definition) is 1. The first-order valence-corrected chi connectivity index (χ1v) is 8.81. The summed E-state index contributed by atoms with van der Waals surface area (Å²) in [5.74, 6) is -0.0777. The molecule has 1 aromatic carbocycles. The molecule has 1 unspecified atom stereocenters. The summed E-state index contributed by atoms with van der Waals surface area (Å²) in [5, 5.41) is 5.21. The van der Waals surface area contributed by atoms with Crippen LogP contribution in [0.5, 0.6) is 0 Å². The van der Waals surface area contributed by atoms with Crippen molar-refractivity contribution < 1.29 is 14.3 Å². The summed E-state index contributed by atoms with van der Waals surface area (Å²) in [5.41, 5.74) is 0.857. The summed E-state index contributed by atoms with van der Waals surface area (Å²) in [6.45, 7) is 6.27. The van der Waals surface area contributed by atoms with Crippen LogP contribution in [0.4, 0.5) is 0 Å². The highest BCUT2D eigenvalue weighted by Gasteiger charge is 2.15. The Hall–Kier alpha value is -2.21. The lowest BCUT2D eigenvalue weighted by atomic mass is 10.1. The minimum Gasteiger partial charge on any atom is -0.455 e. The van der Waals surface area contributed by atoms with Crippen LogP contribution in [0.1, 0.15) is 53.0 Å². The van der Waals surface area contributed by atoms with Crippen molar-refractivity contribution in [2.24, 2.45) is 5.92 Å². The van der Waals surface area contributed by atoms with Gasteiger partial charge in [0.15, 0.2) is 0 Å². The lowest BCUT2D eigenvalue weighted by molar-refractivity contribution is 0.0472. The van der Waals surface area contributed by atoms with Crippen LogP contribution in [0.2, 0.25) is 0 Å². The highest BCUT2D eigenvalue weighted by atomic mass is 32.1. The van der Waals surface area contributed by atoms with Crippen LogP contribution < -0.4 is 5.32 Å². The van der Waals surface area contributed by atoms with E-state index in [0.717, 1.165) is 6.42 Å². The van der Waals surface area contributed by atoms with Crippen LogP contribution in [-0.2, 0) is 11.3 Å². The fraction of sp³-hybridized carbons (Fsp3) is 0.389. The molecule has 5 nitrogen and oxygen atoms in total. The van der Waals surface area contributed by atoms with E-state index in [1.807, 2.05) is 13.0 Å². The lowest BCUT2D eigenvalue weighted by Gasteiger charge is -2.14. The summed E-state index contributed by atoms with van der Waals surface area (Å²) in [6.07, 6.45) is 0.914. The maximum absolute atomic E-state index is 12.1. The van der Waals surface area contributed by atoms with E-state index >= 15 is 0 Å². The molecule has 1 N–H and O–H groups in total. The van der Waals surface area contributed by atoms with Crippen LogP contribution in [0.15, 0.2) is 35.7 Å². The number of esters is 1. The normalized spacial score (nSPS) is 12.0. The molecule has 0 aliphatic rings. The largest absolute Gasteiger partial charge is 0.455 e. The maximum atomic E-state index is 12.1. The molecule has 128 valence electrons. The van der Waals surface area contributed by atoms with Crippen molar-refractivity contribution in [2.75, 3.05) is 0 Å². The molecule has 2 aromatic rings. The van der Waals surface area contributed by atoms with Crippen molar-refractivity contribution in [3.05, 3.63) is 52.0 Å². The number of amides is 1. The Bertz CT molecular complexity index is 683. The number of nitrogens with zero attached hydrogens (tertiary/aromatic N) is 1. The van der Waals surface area contributed by atoms with Gasteiger partial charge in [0.1, 0.15) is 17.3 Å². The number of hydrogen-bond acceptors (Lipinski definition) is 5. The predicted molar refractivity (Wildman–Crippen MR) is 94.1 cm³/mol. The molecule has 0 saturated carbocycles. The summed E-state index contributed by atoms with van der Waals surface area (Å²) < 4.78 is 5.22. The van der Waals surface area contributed by atoms with E-state index in [1.54, 1.807) is 29.6 Å². The molecule has 0 bridgehead atoms. The smallest absolute Gasteiger partial charge is 0.338 e. The number of thiazole rings is 1. The van der Waals surface area contributed by atoms with Crippen LogP contribution in [0.3, 0.4) is 0 Å². The fourth-order valence-electron chi connectivity index (χ4n) is 2.33. The van der Waals surface area contributed by atoms with Gasteiger partial charge in [0, 0.05) is 11.4 Å². The SMILES string of the molecule is CC(C)CC(C)NC(=O)c1csc(COC(=O)c2ccccc2)n1. The van der Waals surface area contributed by atoms with E-state index in [0.29, 0.717) is 22.2 Å². The van der Waals surface area contributed by atoms with E-state index in [2.05, 4.69) is 24.1 Å². The van der Waals surface area contributed by atoms with Crippen LogP contribution in [0, 0.1) is 5.92 Å². The van der Waals surface area contributed by atoms with Gasteiger partial charge in [-0.1, -0.05) is 32.0 Å². The fourth-order valence-corrected chi connectivity index (χ4v) is 3.02. The quantitative estimate of drug-likeness (QED) is 0.777. The average molecular weight is 346 g/mol. The predicted octanol–water partition coefficient (Wildman–Crippen LogP) is 3.66. The molecule has 1 aromatic heterocycles. The second kappa shape index (κ2) is 8.59. The first kappa shape index (κ1) is 18.1. The second-order valence-electron chi connectivity index (χ2n) is 6.07. The van der Waals surface area contributed by atoms with Gasteiger partial charge in [-0.05, 0) is 31.4 Å². The minimum atomic E-state index is -0.401. The molecule has 0 aliphatic heterocycles. The summed E-state index contributed by atoms with van der Waals surface area (Å²) in [6, 6.07) is 8.88. The van der Waals surface area contributed by atoms with E-state index in [1.165, 1.54) is 11.3 Å². The van der Waals surface area contributed by atoms with Gasteiger partial charge in [0.25, 0.3) is 5.91 Å². The van der Waals surface area contributed by atoms with E-state index in [-0.39, 0.29) is 18.6 Å². The molecule has 0 radical (unpaired) electrons. The molecule has 0 aliphatic carbocycles. The third-order valence-electron chi connectivity index (χ3n) is 3.32. The molecule has 0 spiro atoms. The Morgan fingerprint density at radius 2 is 1.92 bits per heavy atom. The zero-order valence-electron chi connectivity index (χ0n) is 14.1. The summed E-state index contributed by atoms with van der Waals surface area (Å²) >= 11 is 1.31. The average Bonchev–Trinajstić information content (AvgIpc) is 3.01. The number of nitrogens with one attached hydrogen (secondary N) is 1. The molecular formula is C18H22N2O3S. The number of carbonyl (C=O) groups excluding carboxylic acids is 2. The summed E-state index contributed by atoms with van der Waals surface area (Å²) in [4.78, 5) is 28.3. The van der Waals surface area contributed by atoms with Crippen molar-refractivity contribution in [3.8, 4) is 0 Å². The van der Waals surface area contributed by atoms with Gasteiger partial charge in [-0.3, -0.25) is 4.79 Å². The molecule has 1 heterocycles. The van der Waals surface area contributed by atoms with Gasteiger partial charge < -0.3 is 10.1 Å². The topological polar surface area (TPSA) is 68.3 Å². The molecule has 1 amide bonds. The standard InChI is InChI=1S/C18H22N2O3S/c1-12(2)9-13(3)19-17(21)15-11-24-16(20-15)10-23-18(22)14-7-5-4-6-8-14/h4-8,11-13H,9-10H2,1-3H3,(H,19,21). The highest BCUT2D eigenvalue weighted by molar-refractivity contribution is 7.09. The molecule has 24 heavy (non-hydrogen) atoms. The highest BCUT2D eigenvalue weighted by Crippen LogP contribution is 2.13. The van der Waals surface area contributed by atoms with Crippen molar-refractivity contribution in [1.82, 2.24) is 10.3 Å². The summed E-state index contributed by atoms with van der Waals surface area (Å²) in [7, 11) is 0. The van der Waals surface area contributed by atoms with Gasteiger partial charge in [0.2, 0.25) is 0 Å². The minimum absolute atomic E-state index is 0.0627. The molecule has 0 saturated heterocycles. The third kappa shape index (κ3) is 5.45. The Balaban J connectivity index is 1.86. The molecule has 1 atom stereocenters. The van der Waals surface area contributed by atoms with Crippen molar-refractivity contribution in [2.45, 2.75) is 39.8 Å². The number of aromatic nitrogens is 1. The maximum Gasteiger partial charge on any atom is 0.338 e. The number of benzene rings is 1. The number of rotatable bonds is 7. The first-order chi connectivity index (χ1) is 11.5. The van der Waals surface area contributed by atoms with Crippen molar-refractivity contribution in [1.29, 1.82) is 0 Å². The zero-order valence-corrected chi connectivity index (χ0v) is 14.9. The monoisotopic (exact) mass is 346 g/mol. The second-order valence-corrected chi connectivity index (χ2v) is 7.02. The van der Waals surface area contributed by atoms with Gasteiger partial charge in [0.05, 0.1) is 5.56 Å². The molecular weight excluding hydrogens is 324 g/mol. The molecule has 0 fully saturated rings. The van der Waals surface area contributed by atoms with Crippen molar-refractivity contribution >= 4 is 23.2 Å². The molecule has 2 rings (SSSR count). The van der Waals surface area contributed by atoms with Crippen LogP contribution in [-0.4, -0.2) is 22.9 Å². The Labute approximate surface area is 146 Å². The lowest BCUT2D eigenvalue weighted by Crippen LogP contribution is -2.33. The van der Waals surface area contributed by atoms with Gasteiger partial charge >= 0.3 is 5.97 Å². The number of carbonyl (C=O) groups is 2. The zero-order chi connectivity index (χ0) is 17.5. The Kier molecular flexibility index (Phi) is 6.49. The Morgan fingerprint density at radius 3 is 2.58 bits per heavy atom. The van der Waals surface area contributed by atoms with Gasteiger partial charge in [-0.15, -0.1) is 11.3 Å². The van der Waals surface area contributed by atoms with Gasteiger partial charge in [-0.25, -0.2) is 9.78 Å². The van der Waals surface area contributed by atoms with Crippen LogP contribution in [0.25, 0.3) is 0 Å². The number of ether oxygens (including phenoxy) is 1. The Morgan fingerprint density at radius 1 is 1.21 bits per heavy atom. The van der Waals surface area contributed by atoms with E-state index in [4.69, 9.17) is 4.74 Å². The third-order valence-corrected chi connectivity index (χ3v) is 4.15. The van der Waals surface area contributed by atoms with E-state index in [9.17, 15) is 9.59 Å². The van der Waals surface area contributed by atoms with E-state index < -0.39 is 5.97 Å². The first-order valence-electron chi connectivity index (χ1n) is 7.93. The molecule has 6 heteroatoms. The van der Waals surface area contributed by atoms with Crippen LogP contribution >= 0.6 is 11.3 Å².